The Morgan fingerprint density at radius 1 is 1.14 bits per heavy atom. The Hall–Kier alpha value is -3.82. The van der Waals surface area contributed by atoms with Crippen LogP contribution in [0.4, 0.5) is 0 Å². The second-order valence-electron chi connectivity index (χ2n) is 5.98. The zero-order chi connectivity index (χ0) is 20.8. The van der Waals surface area contributed by atoms with Crippen LogP contribution >= 0.6 is 0 Å². The Morgan fingerprint density at radius 3 is 2.43 bits per heavy atom. The van der Waals surface area contributed by atoms with E-state index in [0.717, 1.165) is 18.4 Å². The summed E-state index contributed by atoms with van der Waals surface area (Å²) in [7, 11) is 0. The largest absolute Gasteiger partial charge is 0.480 e. The van der Waals surface area contributed by atoms with Gasteiger partial charge in [-0.15, -0.1) is 0 Å². The van der Waals surface area contributed by atoms with Crippen LogP contribution < -0.4 is 5.32 Å². The van der Waals surface area contributed by atoms with Gasteiger partial charge in [0.15, 0.2) is 6.04 Å². The van der Waals surface area contributed by atoms with E-state index in [2.05, 4.69) is 10.3 Å². The predicted octanol–water partition coefficient (Wildman–Crippen LogP) is -0.124. The molecule has 2 unspecified atom stereocenters. The molecule has 146 valence electrons. The van der Waals surface area contributed by atoms with Crippen LogP contribution in [-0.4, -0.2) is 63.1 Å². The lowest BCUT2D eigenvalue weighted by molar-refractivity contribution is -0.140. The average molecular weight is 388 g/mol. The second kappa shape index (κ2) is 8.71. The summed E-state index contributed by atoms with van der Waals surface area (Å²) in [6, 6.07) is -2.37. The quantitative estimate of drug-likeness (QED) is 0.263. The van der Waals surface area contributed by atoms with Crippen LogP contribution in [0.1, 0.15) is 12.8 Å². The lowest BCUT2D eigenvalue weighted by atomic mass is 9.99. The van der Waals surface area contributed by atoms with Crippen LogP contribution in [0, 0.1) is 0 Å². The van der Waals surface area contributed by atoms with Crippen LogP contribution in [0.25, 0.3) is 0 Å². The standard InChI is InChI=1S/C18H16N2O8/c21-14-2-1-9(8-15(14)22)5-11(16(23)24)19-4-3-10-6-12(17(25)26)20-13(7-10)18(27)28/h1-4,6,8,11,13,20H,5,7H2,(H,23,24)(H,25,26)(H,27,28)/b10-3-,19-4?. The van der Waals surface area contributed by atoms with Crippen molar-refractivity contribution in [2.24, 2.45) is 4.99 Å². The van der Waals surface area contributed by atoms with E-state index in [4.69, 9.17) is 10.2 Å². The zero-order valence-corrected chi connectivity index (χ0v) is 14.4. The van der Waals surface area contributed by atoms with Gasteiger partial charge in [-0.3, -0.25) is 14.6 Å². The molecule has 0 aromatic heterocycles. The highest BCUT2D eigenvalue weighted by Crippen LogP contribution is 2.17. The van der Waals surface area contributed by atoms with Gasteiger partial charge in [0.05, 0.1) is 0 Å². The molecule has 10 heteroatoms. The van der Waals surface area contributed by atoms with Crippen molar-refractivity contribution >= 4 is 35.7 Å². The lowest BCUT2D eigenvalue weighted by Crippen LogP contribution is -2.41. The van der Waals surface area contributed by atoms with E-state index < -0.39 is 41.6 Å². The first-order valence-corrected chi connectivity index (χ1v) is 8.03. The van der Waals surface area contributed by atoms with Gasteiger partial charge in [-0.1, -0.05) is 6.08 Å². The van der Waals surface area contributed by atoms with Crippen LogP contribution in [0.3, 0.4) is 0 Å². The molecule has 0 fully saturated rings. The molecule has 0 amide bonds. The maximum absolute atomic E-state index is 11.4. The van der Waals surface area contributed by atoms with E-state index >= 15 is 0 Å². The zero-order valence-electron chi connectivity index (χ0n) is 14.4. The molecule has 10 nitrogen and oxygen atoms in total. The number of hydrogen-bond acceptors (Lipinski definition) is 7. The van der Waals surface area contributed by atoms with Crippen LogP contribution in [0.2, 0.25) is 0 Å². The number of carboxylic acids is 3. The number of hydrogen-bond donors (Lipinski definition) is 4. The fraction of sp³-hybridized carbons (Fsp3) is 0.222. The molecule has 1 aliphatic carbocycles. The number of carbonyl (C=O) groups is 5. The van der Waals surface area contributed by atoms with E-state index in [9.17, 15) is 29.1 Å². The Balaban J connectivity index is 2.16. The van der Waals surface area contributed by atoms with Crippen molar-refractivity contribution in [3.63, 3.8) is 0 Å². The Labute approximate surface area is 158 Å². The van der Waals surface area contributed by atoms with Gasteiger partial charge >= 0.3 is 17.9 Å². The third-order valence-corrected chi connectivity index (χ3v) is 3.90. The van der Waals surface area contributed by atoms with Crippen molar-refractivity contribution in [2.75, 3.05) is 0 Å². The van der Waals surface area contributed by atoms with Gasteiger partial charge in [0.2, 0.25) is 11.6 Å². The molecule has 2 rings (SSSR count). The molecule has 2 aliphatic rings. The molecule has 1 heterocycles. The number of ketones is 2. The minimum absolute atomic E-state index is 0.0135. The van der Waals surface area contributed by atoms with Crippen LogP contribution in [-0.2, 0) is 24.0 Å². The lowest BCUT2D eigenvalue weighted by Gasteiger charge is -2.21. The molecule has 0 saturated heterocycles. The molecule has 0 aromatic carbocycles. The molecule has 0 saturated carbocycles. The van der Waals surface area contributed by atoms with Gasteiger partial charge in [-0.25, -0.2) is 14.4 Å². The van der Waals surface area contributed by atoms with E-state index in [1.165, 1.54) is 18.2 Å². The van der Waals surface area contributed by atoms with Gasteiger partial charge in [-0.2, -0.15) is 0 Å². The number of carbonyl (C=O) groups excluding carboxylic acids is 2. The fourth-order valence-electron chi connectivity index (χ4n) is 2.50. The monoisotopic (exact) mass is 388 g/mol. The Morgan fingerprint density at radius 2 is 1.86 bits per heavy atom. The summed E-state index contributed by atoms with van der Waals surface area (Å²) in [5.74, 6) is -5.25. The highest BCUT2D eigenvalue weighted by atomic mass is 16.4. The second-order valence-corrected chi connectivity index (χ2v) is 5.98. The number of carboxylic acid groups (broad SMARTS) is 3. The highest BCUT2D eigenvalue weighted by Gasteiger charge is 2.26. The third kappa shape index (κ3) is 5.34. The highest BCUT2D eigenvalue weighted by molar-refractivity contribution is 6.46. The maximum atomic E-state index is 11.4. The molecular formula is C18H16N2O8. The third-order valence-electron chi connectivity index (χ3n) is 3.90. The van der Waals surface area contributed by atoms with Crippen LogP contribution in [0.5, 0.6) is 0 Å². The number of aliphatic carboxylic acids is 3. The molecule has 0 aromatic rings. The number of allylic oxidation sites excluding steroid dienone is 5. The van der Waals surface area contributed by atoms with Crippen molar-refractivity contribution in [2.45, 2.75) is 24.9 Å². The topological polar surface area (TPSA) is 170 Å². The molecule has 28 heavy (non-hydrogen) atoms. The average Bonchev–Trinajstić information content (AvgIpc) is 2.63. The summed E-state index contributed by atoms with van der Waals surface area (Å²) in [5, 5.41) is 29.8. The van der Waals surface area contributed by atoms with Crippen molar-refractivity contribution < 1.29 is 39.3 Å². The SMILES string of the molecule is O=C(O)C1=C/C(=C/C=NC(CC2=CC(=O)C(=O)C=C2)C(=O)O)CC(C(=O)O)N1. The fourth-order valence-corrected chi connectivity index (χ4v) is 2.50. The summed E-state index contributed by atoms with van der Waals surface area (Å²) in [4.78, 5) is 60.0. The summed E-state index contributed by atoms with van der Waals surface area (Å²) in [5.41, 5.74) is 0.380. The number of aliphatic imine (C=N–C) groups is 1. The smallest absolute Gasteiger partial charge is 0.351 e. The molecule has 4 N–H and O–H groups in total. The van der Waals surface area contributed by atoms with Crippen molar-refractivity contribution in [1.29, 1.82) is 0 Å². The number of nitrogens with one attached hydrogen (secondary N) is 1. The van der Waals surface area contributed by atoms with Crippen LogP contribution in [0.15, 0.2) is 52.2 Å². The number of nitrogens with zero attached hydrogens (tertiary/aromatic N) is 1. The minimum atomic E-state index is -1.33. The predicted molar refractivity (Wildman–Crippen MR) is 94.7 cm³/mol. The summed E-state index contributed by atoms with van der Waals surface area (Å²) in [6.07, 6.45) is 7.03. The Kier molecular flexibility index (Phi) is 6.38. The maximum Gasteiger partial charge on any atom is 0.351 e. The normalized spacial score (nSPS) is 21.9. The summed E-state index contributed by atoms with van der Waals surface area (Å²) in [6.45, 7) is 0. The van der Waals surface area contributed by atoms with Gasteiger partial charge in [-0.05, 0) is 35.5 Å². The summed E-state index contributed by atoms with van der Waals surface area (Å²) >= 11 is 0. The Bertz CT molecular complexity index is 891. The van der Waals surface area contributed by atoms with Gasteiger partial charge in [0, 0.05) is 19.1 Å². The van der Waals surface area contributed by atoms with E-state index in [-0.39, 0.29) is 18.5 Å². The van der Waals surface area contributed by atoms with E-state index in [1.54, 1.807) is 0 Å². The first kappa shape index (κ1) is 20.5. The first-order chi connectivity index (χ1) is 13.2. The van der Waals surface area contributed by atoms with Crippen molar-refractivity contribution in [3.05, 3.63) is 47.2 Å². The van der Waals surface area contributed by atoms with Crippen molar-refractivity contribution in [3.8, 4) is 0 Å². The van der Waals surface area contributed by atoms with E-state index in [1.807, 2.05) is 0 Å². The molecule has 0 spiro atoms. The molecular weight excluding hydrogens is 372 g/mol. The molecule has 1 aliphatic heterocycles. The summed E-state index contributed by atoms with van der Waals surface area (Å²) < 4.78 is 0. The molecule has 0 radical (unpaired) electrons. The van der Waals surface area contributed by atoms with Gasteiger partial charge < -0.3 is 20.6 Å². The van der Waals surface area contributed by atoms with Gasteiger partial charge in [0.1, 0.15) is 11.7 Å². The molecule has 0 bridgehead atoms. The molecule has 2 atom stereocenters. The van der Waals surface area contributed by atoms with Crippen molar-refractivity contribution in [1.82, 2.24) is 5.32 Å². The van der Waals surface area contributed by atoms with E-state index in [0.29, 0.717) is 11.1 Å². The minimum Gasteiger partial charge on any atom is -0.480 e. The first-order valence-electron chi connectivity index (χ1n) is 8.03. The van der Waals surface area contributed by atoms with Gasteiger partial charge in [0.25, 0.3) is 0 Å². The number of rotatable bonds is 7.